The van der Waals surface area contributed by atoms with Crippen molar-refractivity contribution in [3.8, 4) is 11.5 Å². The molecule has 0 radical (unpaired) electrons. The van der Waals surface area contributed by atoms with Crippen molar-refractivity contribution in [1.82, 2.24) is 10.6 Å². The molecule has 1 aromatic rings. The number of benzene rings is 1. The summed E-state index contributed by atoms with van der Waals surface area (Å²) in [6.45, 7) is 2.65. The molecule has 6 heteroatoms. The fourth-order valence-electron chi connectivity index (χ4n) is 1.76. The molecule has 1 atom stereocenters. The molecule has 0 aromatic heterocycles. The SMILES string of the molecule is CCCNC(=O)CNC(=O)[C@@H]1COc2ccccc2O1. The highest BCUT2D eigenvalue weighted by Crippen LogP contribution is 2.30. The Kier molecular flexibility index (Phi) is 4.81. The molecule has 2 rings (SSSR count). The van der Waals surface area contributed by atoms with Gasteiger partial charge in [0, 0.05) is 6.54 Å². The molecular weight excluding hydrogens is 260 g/mol. The zero-order valence-corrected chi connectivity index (χ0v) is 11.3. The van der Waals surface area contributed by atoms with Gasteiger partial charge in [-0.05, 0) is 18.6 Å². The summed E-state index contributed by atoms with van der Waals surface area (Å²) in [7, 11) is 0. The third-order valence-electron chi connectivity index (χ3n) is 2.80. The van der Waals surface area contributed by atoms with E-state index in [1.165, 1.54) is 0 Å². The summed E-state index contributed by atoms with van der Waals surface area (Å²) >= 11 is 0. The number of ether oxygens (including phenoxy) is 2. The van der Waals surface area contributed by atoms with Crippen LogP contribution < -0.4 is 20.1 Å². The molecule has 108 valence electrons. The second-order valence-electron chi connectivity index (χ2n) is 4.43. The first-order valence-electron chi connectivity index (χ1n) is 6.63. The molecule has 20 heavy (non-hydrogen) atoms. The maximum atomic E-state index is 11.9. The summed E-state index contributed by atoms with van der Waals surface area (Å²) in [6, 6.07) is 7.16. The Morgan fingerprint density at radius 2 is 2.00 bits per heavy atom. The quantitative estimate of drug-likeness (QED) is 0.821. The molecule has 0 unspecified atom stereocenters. The highest BCUT2D eigenvalue weighted by atomic mass is 16.6. The number of fused-ring (bicyclic) bond motifs is 1. The van der Waals surface area contributed by atoms with E-state index in [9.17, 15) is 9.59 Å². The van der Waals surface area contributed by atoms with Crippen LogP contribution in [0.25, 0.3) is 0 Å². The standard InChI is InChI=1S/C14H18N2O4/c1-2-7-15-13(17)8-16-14(18)12-9-19-10-5-3-4-6-11(10)20-12/h3-6,12H,2,7-9H2,1H3,(H,15,17)(H,16,18)/t12-/m0/s1. The monoisotopic (exact) mass is 278 g/mol. The van der Waals surface area contributed by atoms with Gasteiger partial charge < -0.3 is 20.1 Å². The number of amides is 2. The molecule has 2 N–H and O–H groups in total. The van der Waals surface area contributed by atoms with Gasteiger partial charge in [0.05, 0.1) is 6.54 Å². The van der Waals surface area contributed by atoms with Crippen molar-refractivity contribution in [2.75, 3.05) is 19.7 Å². The van der Waals surface area contributed by atoms with Crippen LogP contribution >= 0.6 is 0 Å². The molecular formula is C14H18N2O4. The van der Waals surface area contributed by atoms with E-state index in [0.29, 0.717) is 18.0 Å². The Morgan fingerprint density at radius 3 is 2.75 bits per heavy atom. The topological polar surface area (TPSA) is 76.7 Å². The summed E-state index contributed by atoms with van der Waals surface area (Å²) in [6.07, 6.45) is 0.125. The summed E-state index contributed by atoms with van der Waals surface area (Å²) < 4.78 is 11.0. The van der Waals surface area contributed by atoms with Crippen LogP contribution in [-0.4, -0.2) is 37.6 Å². The van der Waals surface area contributed by atoms with Gasteiger partial charge in [-0.2, -0.15) is 0 Å². The average Bonchev–Trinajstić information content (AvgIpc) is 2.50. The van der Waals surface area contributed by atoms with Gasteiger partial charge in [-0.15, -0.1) is 0 Å². The first kappa shape index (κ1) is 14.2. The van der Waals surface area contributed by atoms with Crippen molar-refractivity contribution in [2.45, 2.75) is 19.4 Å². The van der Waals surface area contributed by atoms with E-state index < -0.39 is 6.10 Å². The number of para-hydroxylation sites is 2. The summed E-state index contributed by atoms with van der Waals surface area (Å²) in [5.41, 5.74) is 0. The molecule has 0 fully saturated rings. The number of hydrogen-bond donors (Lipinski definition) is 2. The van der Waals surface area contributed by atoms with Crippen molar-refractivity contribution >= 4 is 11.8 Å². The summed E-state index contributed by atoms with van der Waals surface area (Å²) in [4.78, 5) is 23.3. The molecule has 1 heterocycles. The Bertz CT molecular complexity index is 490. The molecule has 0 saturated heterocycles. The summed E-state index contributed by atoms with van der Waals surface area (Å²) in [5.74, 6) is 0.593. The van der Waals surface area contributed by atoms with Gasteiger partial charge in [0.15, 0.2) is 11.5 Å². The fourth-order valence-corrected chi connectivity index (χ4v) is 1.76. The van der Waals surface area contributed by atoms with Crippen LogP contribution in [0.4, 0.5) is 0 Å². The Balaban J connectivity index is 1.81. The lowest BCUT2D eigenvalue weighted by atomic mass is 10.2. The number of rotatable bonds is 5. The predicted molar refractivity (Wildman–Crippen MR) is 72.7 cm³/mol. The van der Waals surface area contributed by atoms with Gasteiger partial charge in [-0.1, -0.05) is 19.1 Å². The lowest BCUT2D eigenvalue weighted by Crippen LogP contribution is -2.47. The molecule has 0 saturated carbocycles. The molecule has 1 aliphatic heterocycles. The molecule has 2 amide bonds. The Morgan fingerprint density at radius 1 is 1.25 bits per heavy atom. The maximum Gasteiger partial charge on any atom is 0.265 e. The number of hydrogen-bond acceptors (Lipinski definition) is 4. The molecule has 1 aromatic carbocycles. The second kappa shape index (κ2) is 6.79. The lowest BCUT2D eigenvalue weighted by molar-refractivity contribution is -0.132. The van der Waals surface area contributed by atoms with Crippen molar-refractivity contribution in [3.05, 3.63) is 24.3 Å². The number of carbonyl (C=O) groups is 2. The molecule has 0 bridgehead atoms. The van der Waals surface area contributed by atoms with E-state index in [1.807, 2.05) is 13.0 Å². The van der Waals surface area contributed by atoms with Crippen LogP contribution in [0.3, 0.4) is 0 Å². The van der Waals surface area contributed by atoms with Gasteiger partial charge in [0.25, 0.3) is 5.91 Å². The van der Waals surface area contributed by atoms with Crippen molar-refractivity contribution < 1.29 is 19.1 Å². The van der Waals surface area contributed by atoms with Crippen molar-refractivity contribution in [3.63, 3.8) is 0 Å². The zero-order chi connectivity index (χ0) is 14.4. The van der Waals surface area contributed by atoms with E-state index >= 15 is 0 Å². The molecule has 1 aliphatic rings. The van der Waals surface area contributed by atoms with E-state index in [1.54, 1.807) is 18.2 Å². The van der Waals surface area contributed by atoms with E-state index in [2.05, 4.69) is 10.6 Å². The lowest BCUT2D eigenvalue weighted by Gasteiger charge is -2.25. The zero-order valence-electron chi connectivity index (χ0n) is 11.3. The number of carbonyl (C=O) groups excluding carboxylic acids is 2. The minimum atomic E-state index is -0.733. The second-order valence-corrected chi connectivity index (χ2v) is 4.43. The smallest absolute Gasteiger partial charge is 0.265 e. The Hall–Kier alpha value is -2.24. The van der Waals surface area contributed by atoms with E-state index in [4.69, 9.17) is 9.47 Å². The largest absolute Gasteiger partial charge is 0.485 e. The Labute approximate surface area is 117 Å². The van der Waals surface area contributed by atoms with Crippen molar-refractivity contribution in [2.24, 2.45) is 0 Å². The molecule has 6 nitrogen and oxygen atoms in total. The van der Waals surface area contributed by atoms with Gasteiger partial charge >= 0.3 is 0 Å². The van der Waals surface area contributed by atoms with Crippen LogP contribution in [0.15, 0.2) is 24.3 Å². The first-order valence-corrected chi connectivity index (χ1v) is 6.63. The van der Waals surface area contributed by atoms with Crippen LogP contribution in [0, 0.1) is 0 Å². The highest BCUT2D eigenvalue weighted by Gasteiger charge is 2.27. The van der Waals surface area contributed by atoms with Gasteiger partial charge in [-0.3, -0.25) is 9.59 Å². The van der Waals surface area contributed by atoms with Gasteiger partial charge in [0.1, 0.15) is 6.61 Å². The summed E-state index contributed by atoms with van der Waals surface area (Å²) in [5, 5.41) is 5.22. The minimum absolute atomic E-state index is 0.0552. The minimum Gasteiger partial charge on any atom is -0.485 e. The highest BCUT2D eigenvalue weighted by molar-refractivity contribution is 5.87. The van der Waals surface area contributed by atoms with E-state index in [0.717, 1.165) is 6.42 Å². The average molecular weight is 278 g/mol. The van der Waals surface area contributed by atoms with Gasteiger partial charge in [-0.25, -0.2) is 0 Å². The van der Waals surface area contributed by atoms with Crippen LogP contribution in [0.1, 0.15) is 13.3 Å². The third-order valence-corrected chi connectivity index (χ3v) is 2.80. The molecule has 0 aliphatic carbocycles. The van der Waals surface area contributed by atoms with Crippen LogP contribution in [-0.2, 0) is 9.59 Å². The normalized spacial score (nSPS) is 16.4. The van der Waals surface area contributed by atoms with Crippen LogP contribution in [0.5, 0.6) is 11.5 Å². The fraction of sp³-hybridized carbons (Fsp3) is 0.429. The third kappa shape index (κ3) is 3.63. The first-order chi connectivity index (χ1) is 9.70. The molecule has 0 spiro atoms. The number of nitrogens with one attached hydrogen (secondary N) is 2. The van der Waals surface area contributed by atoms with E-state index in [-0.39, 0.29) is 25.0 Å². The maximum absolute atomic E-state index is 11.9. The predicted octanol–water partition coefficient (Wildman–Crippen LogP) is 0.469. The van der Waals surface area contributed by atoms with Gasteiger partial charge in [0.2, 0.25) is 12.0 Å². The van der Waals surface area contributed by atoms with Crippen molar-refractivity contribution in [1.29, 1.82) is 0 Å². The van der Waals surface area contributed by atoms with Crippen LogP contribution in [0.2, 0.25) is 0 Å².